The van der Waals surface area contributed by atoms with E-state index in [0.29, 0.717) is 0 Å². The van der Waals surface area contributed by atoms with Gasteiger partial charge in [-0.2, -0.15) is 10.2 Å². The van der Waals surface area contributed by atoms with Gasteiger partial charge in [0.1, 0.15) is 0 Å². The third-order valence-corrected chi connectivity index (χ3v) is 1.74. The minimum Gasteiger partial charge on any atom is -0.481 e. The van der Waals surface area contributed by atoms with E-state index in [4.69, 9.17) is 10.2 Å². The van der Waals surface area contributed by atoms with Crippen LogP contribution in [0.15, 0.2) is 10.2 Å². The van der Waals surface area contributed by atoms with Gasteiger partial charge in [-0.25, -0.2) is 4.79 Å². The minimum atomic E-state index is -1.25. The van der Waals surface area contributed by atoms with Crippen LogP contribution in [0.1, 0.15) is 12.8 Å². The monoisotopic (exact) mass is 172 g/mol. The maximum atomic E-state index is 10.6. The van der Waals surface area contributed by atoms with E-state index in [1.165, 1.54) is 0 Å². The molecule has 0 aromatic heterocycles. The molecule has 0 fully saturated rings. The summed E-state index contributed by atoms with van der Waals surface area (Å²) in [7, 11) is 0. The number of hydrogen-bond donors (Lipinski definition) is 2. The van der Waals surface area contributed by atoms with Crippen LogP contribution in [0.25, 0.3) is 0 Å². The fraction of sp³-hybridized carbons (Fsp3) is 0.667. The first kappa shape index (κ1) is 8.63. The molecule has 1 unspecified atom stereocenters. The van der Waals surface area contributed by atoms with E-state index >= 15 is 0 Å². The Labute approximate surface area is 67.9 Å². The molecule has 0 aromatic carbocycles. The highest BCUT2D eigenvalue weighted by Crippen LogP contribution is 2.26. The van der Waals surface area contributed by atoms with Crippen molar-refractivity contribution in [1.82, 2.24) is 0 Å². The van der Waals surface area contributed by atoms with Gasteiger partial charge in [-0.3, -0.25) is 4.79 Å². The molecule has 6 nitrogen and oxygen atoms in total. The van der Waals surface area contributed by atoms with Crippen LogP contribution in [0.4, 0.5) is 0 Å². The normalized spacial score (nSPS) is 26.3. The highest BCUT2D eigenvalue weighted by atomic mass is 16.4. The first-order valence-corrected chi connectivity index (χ1v) is 3.41. The van der Waals surface area contributed by atoms with Gasteiger partial charge in [0.05, 0.1) is 6.54 Å². The molecule has 66 valence electrons. The van der Waals surface area contributed by atoms with E-state index in [-0.39, 0.29) is 19.4 Å². The number of hydrogen-bond acceptors (Lipinski definition) is 4. The summed E-state index contributed by atoms with van der Waals surface area (Å²) >= 11 is 0. The lowest BCUT2D eigenvalue weighted by Gasteiger charge is -2.26. The molecule has 1 aliphatic heterocycles. The second-order valence-corrected chi connectivity index (χ2v) is 2.63. The molecular weight excluding hydrogens is 164 g/mol. The Morgan fingerprint density at radius 3 is 2.25 bits per heavy atom. The van der Waals surface area contributed by atoms with Crippen LogP contribution in [0, 0.1) is 0 Å². The number of rotatable bonds is 4. The van der Waals surface area contributed by atoms with Gasteiger partial charge in [-0.1, -0.05) is 0 Å². The largest absolute Gasteiger partial charge is 0.481 e. The number of carbonyl (C=O) groups is 2. The quantitative estimate of drug-likeness (QED) is 0.629. The summed E-state index contributed by atoms with van der Waals surface area (Å²) in [5.41, 5.74) is -1.25. The predicted octanol–water partition coefficient (Wildman–Crippen LogP) is 0.140. The summed E-state index contributed by atoms with van der Waals surface area (Å²) < 4.78 is 0. The second kappa shape index (κ2) is 2.88. The lowest BCUT2D eigenvalue weighted by Crippen LogP contribution is -2.44. The molecule has 0 radical (unpaired) electrons. The third kappa shape index (κ3) is 1.41. The summed E-state index contributed by atoms with van der Waals surface area (Å²) in [6, 6.07) is 0. The van der Waals surface area contributed by atoms with Crippen LogP contribution < -0.4 is 0 Å². The average Bonchev–Trinajstić information content (AvgIpc) is 1.83. The van der Waals surface area contributed by atoms with Crippen molar-refractivity contribution in [2.24, 2.45) is 10.2 Å². The molecule has 0 aromatic rings. The van der Waals surface area contributed by atoms with Gasteiger partial charge >= 0.3 is 11.9 Å². The highest BCUT2D eigenvalue weighted by molar-refractivity contribution is 5.81. The van der Waals surface area contributed by atoms with Crippen molar-refractivity contribution < 1.29 is 19.8 Å². The molecule has 12 heavy (non-hydrogen) atoms. The van der Waals surface area contributed by atoms with Crippen molar-refractivity contribution in [3.05, 3.63) is 0 Å². The molecule has 6 heteroatoms. The lowest BCUT2D eigenvalue weighted by molar-refractivity contribution is -0.145. The Hall–Kier alpha value is -1.46. The van der Waals surface area contributed by atoms with Gasteiger partial charge in [0.25, 0.3) is 0 Å². The third-order valence-electron chi connectivity index (χ3n) is 1.74. The molecule has 0 spiro atoms. The van der Waals surface area contributed by atoms with Gasteiger partial charge < -0.3 is 10.2 Å². The van der Waals surface area contributed by atoms with Gasteiger partial charge in [0, 0.05) is 6.42 Å². The van der Waals surface area contributed by atoms with Gasteiger partial charge in [0.15, 0.2) is 5.54 Å². The zero-order chi connectivity index (χ0) is 9.19. The minimum absolute atomic E-state index is 0.0150. The van der Waals surface area contributed by atoms with Crippen molar-refractivity contribution >= 4 is 11.9 Å². The zero-order valence-corrected chi connectivity index (χ0v) is 6.23. The Morgan fingerprint density at radius 1 is 1.42 bits per heavy atom. The number of carboxylic acids is 2. The molecule has 0 aliphatic carbocycles. The fourth-order valence-electron chi connectivity index (χ4n) is 0.902. The summed E-state index contributed by atoms with van der Waals surface area (Å²) in [6.45, 7) is 0.0929. The van der Waals surface area contributed by atoms with Crippen molar-refractivity contribution in [2.45, 2.75) is 18.4 Å². The van der Waals surface area contributed by atoms with E-state index in [9.17, 15) is 9.59 Å². The molecule has 0 saturated heterocycles. The van der Waals surface area contributed by atoms with Gasteiger partial charge in [-0.05, 0) is 6.42 Å². The molecule has 1 heterocycles. The number of azo groups is 1. The molecule has 1 atom stereocenters. The summed E-state index contributed by atoms with van der Waals surface area (Å²) in [5.74, 6) is -2.11. The summed E-state index contributed by atoms with van der Waals surface area (Å²) in [4.78, 5) is 20.7. The SMILES string of the molecule is O=C(O)CCC1(C(=O)O)CN=N1. The van der Waals surface area contributed by atoms with E-state index in [1.807, 2.05) is 0 Å². The molecule has 0 amide bonds. The Kier molecular flexibility index (Phi) is 2.07. The zero-order valence-electron chi connectivity index (χ0n) is 6.23. The molecule has 1 aliphatic rings. The maximum absolute atomic E-state index is 10.6. The maximum Gasteiger partial charge on any atom is 0.335 e. The van der Waals surface area contributed by atoms with Crippen LogP contribution in [0.2, 0.25) is 0 Å². The number of carboxylic acid groups (broad SMARTS) is 2. The van der Waals surface area contributed by atoms with Crippen molar-refractivity contribution in [1.29, 1.82) is 0 Å². The number of nitrogens with zero attached hydrogens (tertiary/aromatic N) is 2. The van der Waals surface area contributed by atoms with Crippen LogP contribution in [-0.2, 0) is 9.59 Å². The average molecular weight is 172 g/mol. The first-order chi connectivity index (χ1) is 5.57. The van der Waals surface area contributed by atoms with Crippen LogP contribution in [0.3, 0.4) is 0 Å². The standard InChI is InChI=1S/C6H8N2O4/c9-4(10)1-2-6(5(11)12)3-7-8-6/h1-3H2,(H,9,10)(H,11,12). The molecule has 1 rings (SSSR count). The van der Waals surface area contributed by atoms with E-state index in [1.54, 1.807) is 0 Å². The van der Waals surface area contributed by atoms with Gasteiger partial charge in [-0.15, -0.1) is 0 Å². The van der Waals surface area contributed by atoms with Crippen LogP contribution in [-0.4, -0.2) is 34.2 Å². The lowest BCUT2D eigenvalue weighted by atomic mass is 9.93. The fourth-order valence-corrected chi connectivity index (χ4v) is 0.902. The highest BCUT2D eigenvalue weighted by Gasteiger charge is 2.44. The van der Waals surface area contributed by atoms with Crippen LogP contribution >= 0.6 is 0 Å². The van der Waals surface area contributed by atoms with E-state index in [0.717, 1.165) is 0 Å². The van der Waals surface area contributed by atoms with E-state index < -0.39 is 17.5 Å². The predicted molar refractivity (Wildman–Crippen MR) is 37.0 cm³/mol. The van der Waals surface area contributed by atoms with Gasteiger partial charge in [0.2, 0.25) is 0 Å². The van der Waals surface area contributed by atoms with Crippen molar-refractivity contribution in [3.8, 4) is 0 Å². The Morgan fingerprint density at radius 2 is 2.00 bits per heavy atom. The van der Waals surface area contributed by atoms with Crippen LogP contribution in [0.5, 0.6) is 0 Å². The van der Waals surface area contributed by atoms with Crippen molar-refractivity contribution in [2.75, 3.05) is 6.54 Å². The Balaban J connectivity index is 2.52. The summed E-state index contributed by atoms with van der Waals surface area (Å²) in [6.07, 6.45) is -0.174. The smallest absolute Gasteiger partial charge is 0.335 e. The Bertz CT molecular complexity index is 250. The first-order valence-electron chi connectivity index (χ1n) is 3.41. The molecule has 2 N–H and O–H groups in total. The summed E-state index contributed by atoms with van der Waals surface area (Å²) in [5, 5.41) is 23.8. The molecule has 0 saturated carbocycles. The topological polar surface area (TPSA) is 99.3 Å². The van der Waals surface area contributed by atoms with E-state index in [2.05, 4.69) is 10.2 Å². The number of aliphatic carboxylic acids is 2. The molecular formula is C6H8N2O4. The molecule has 0 bridgehead atoms. The van der Waals surface area contributed by atoms with Crippen molar-refractivity contribution in [3.63, 3.8) is 0 Å². The second-order valence-electron chi connectivity index (χ2n) is 2.63.